The topological polar surface area (TPSA) is 32.7 Å². The van der Waals surface area contributed by atoms with Crippen molar-refractivity contribution in [3.05, 3.63) is 12.3 Å². The van der Waals surface area contributed by atoms with Crippen LogP contribution >= 0.6 is 0 Å². The Hall–Kier alpha value is -0.540. The number of hydrogen-bond acceptors (Lipinski definition) is 3. The largest absolute Gasteiger partial charge is 0.391 e. The molecule has 0 bridgehead atoms. The molecular formula is C9H17NO2. The van der Waals surface area contributed by atoms with Crippen molar-refractivity contribution in [3.63, 3.8) is 0 Å². The molecule has 0 aliphatic carbocycles. The van der Waals surface area contributed by atoms with Crippen LogP contribution in [0.15, 0.2) is 12.3 Å². The van der Waals surface area contributed by atoms with Gasteiger partial charge in [-0.3, -0.25) is 0 Å². The van der Waals surface area contributed by atoms with Gasteiger partial charge >= 0.3 is 0 Å². The third kappa shape index (κ3) is 2.50. The first-order chi connectivity index (χ1) is 5.74. The normalized spacial score (nSPS) is 23.2. The van der Waals surface area contributed by atoms with Gasteiger partial charge in [0.05, 0.1) is 12.7 Å². The van der Waals surface area contributed by atoms with Gasteiger partial charge in [-0.25, -0.2) is 0 Å². The number of aliphatic hydroxyl groups excluding tert-OH is 1. The van der Waals surface area contributed by atoms with Crippen molar-refractivity contribution in [1.82, 2.24) is 4.90 Å². The van der Waals surface area contributed by atoms with E-state index in [9.17, 15) is 5.11 Å². The van der Waals surface area contributed by atoms with E-state index in [4.69, 9.17) is 4.74 Å². The van der Waals surface area contributed by atoms with Crippen LogP contribution in [-0.4, -0.2) is 42.9 Å². The Kier molecular flexibility index (Phi) is 3.56. The summed E-state index contributed by atoms with van der Waals surface area (Å²) in [6, 6.07) is 0. The molecule has 0 aromatic heterocycles. The van der Waals surface area contributed by atoms with Gasteiger partial charge in [0.2, 0.25) is 0 Å². The lowest BCUT2D eigenvalue weighted by Crippen LogP contribution is -2.21. The van der Waals surface area contributed by atoms with Crippen LogP contribution in [0.4, 0.5) is 0 Å². The van der Waals surface area contributed by atoms with Crippen molar-refractivity contribution < 1.29 is 9.84 Å². The van der Waals surface area contributed by atoms with Crippen molar-refractivity contribution >= 4 is 0 Å². The lowest BCUT2D eigenvalue weighted by molar-refractivity contribution is 0.175. The molecule has 0 radical (unpaired) electrons. The Bertz CT molecular complexity index is 159. The van der Waals surface area contributed by atoms with Crippen LogP contribution in [-0.2, 0) is 4.74 Å². The molecule has 0 spiro atoms. The fraction of sp³-hybridized carbons (Fsp3) is 0.778. The highest BCUT2D eigenvalue weighted by Crippen LogP contribution is 2.15. The highest BCUT2D eigenvalue weighted by atomic mass is 16.5. The van der Waals surface area contributed by atoms with Gasteiger partial charge in [0.25, 0.3) is 0 Å². The summed E-state index contributed by atoms with van der Waals surface area (Å²) in [5.74, 6) is 0. The predicted octanol–water partition coefficient (Wildman–Crippen LogP) is 0.603. The smallest absolute Gasteiger partial charge is 0.0731 e. The first-order valence-corrected chi connectivity index (χ1v) is 4.33. The van der Waals surface area contributed by atoms with Crippen LogP contribution in [0.2, 0.25) is 0 Å². The molecule has 1 atom stereocenters. The highest BCUT2D eigenvalue weighted by molar-refractivity contribution is 4.97. The lowest BCUT2D eigenvalue weighted by atomic mass is 10.3. The zero-order chi connectivity index (χ0) is 8.97. The van der Waals surface area contributed by atoms with Crippen LogP contribution < -0.4 is 0 Å². The van der Waals surface area contributed by atoms with E-state index in [-0.39, 0.29) is 6.10 Å². The molecule has 0 aromatic carbocycles. The minimum absolute atomic E-state index is 0.163. The number of β-amino-alcohol motifs (C(OH)–C–C–N with tert-alkyl or cyclic N) is 1. The van der Waals surface area contributed by atoms with Gasteiger partial charge in [0.15, 0.2) is 0 Å². The number of rotatable bonds is 4. The Morgan fingerprint density at radius 3 is 3.00 bits per heavy atom. The molecule has 0 saturated carbocycles. The Balaban J connectivity index is 2.23. The quantitative estimate of drug-likeness (QED) is 0.672. The number of ether oxygens (including phenoxy) is 1. The maximum absolute atomic E-state index is 9.26. The summed E-state index contributed by atoms with van der Waals surface area (Å²) in [4.78, 5) is 2.13. The van der Waals surface area contributed by atoms with Crippen molar-refractivity contribution in [1.29, 1.82) is 0 Å². The average Bonchev–Trinajstić information content (AvgIpc) is 2.47. The second kappa shape index (κ2) is 4.48. The molecule has 0 aromatic rings. The minimum atomic E-state index is -0.163. The molecule has 70 valence electrons. The molecule has 1 rings (SSSR count). The van der Waals surface area contributed by atoms with E-state index >= 15 is 0 Å². The molecular weight excluding hydrogens is 154 g/mol. The molecule has 1 N–H and O–H groups in total. The van der Waals surface area contributed by atoms with E-state index in [2.05, 4.69) is 11.5 Å². The molecule has 12 heavy (non-hydrogen) atoms. The fourth-order valence-electron chi connectivity index (χ4n) is 1.41. The minimum Gasteiger partial charge on any atom is -0.391 e. The summed E-state index contributed by atoms with van der Waals surface area (Å²) in [5, 5.41) is 9.26. The number of hydrogen-bond donors (Lipinski definition) is 1. The molecule has 1 heterocycles. The third-order valence-corrected chi connectivity index (χ3v) is 2.21. The summed E-state index contributed by atoms with van der Waals surface area (Å²) in [7, 11) is 1.69. The highest BCUT2D eigenvalue weighted by Gasteiger charge is 2.20. The number of aliphatic hydroxyl groups is 1. The summed E-state index contributed by atoms with van der Waals surface area (Å²) >= 11 is 0. The number of methoxy groups -OCH3 is 1. The summed E-state index contributed by atoms with van der Waals surface area (Å²) in [5.41, 5.74) is 1.08. The Morgan fingerprint density at radius 2 is 2.50 bits per heavy atom. The van der Waals surface area contributed by atoms with Crippen LogP contribution in [0.3, 0.4) is 0 Å². The summed E-state index contributed by atoms with van der Waals surface area (Å²) < 4.78 is 4.95. The molecule has 1 fully saturated rings. The second-order valence-electron chi connectivity index (χ2n) is 3.20. The SMILES string of the molecule is C=C(CCOC)N1CCC(O)C1. The summed E-state index contributed by atoms with van der Waals surface area (Å²) in [6.45, 7) is 6.33. The van der Waals surface area contributed by atoms with Crippen molar-refractivity contribution in [3.8, 4) is 0 Å². The molecule has 3 nitrogen and oxygen atoms in total. The number of likely N-dealkylation sites (tertiary alicyclic amines) is 1. The second-order valence-corrected chi connectivity index (χ2v) is 3.20. The number of nitrogens with zero attached hydrogens (tertiary/aromatic N) is 1. The molecule has 1 saturated heterocycles. The third-order valence-electron chi connectivity index (χ3n) is 2.21. The zero-order valence-electron chi connectivity index (χ0n) is 7.62. The van der Waals surface area contributed by atoms with Gasteiger partial charge in [-0.15, -0.1) is 0 Å². The molecule has 1 unspecified atom stereocenters. The maximum atomic E-state index is 9.26. The van der Waals surface area contributed by atoms with E-state index < -0.39 is 0 Å². The summed E-state index contributed by atoms with van der Waals surface area (Å²) in [6.07, 6.45) is 1.57. The molecule has 3 heteroatoms. The first kappa shape index (κ1) is 9.55. The van der Waals surface area contributed by atoms with Crippen molar-refractivity contribution in [2.24, 2.45) is 0 Å². The van der Waals surface area contributed by atoms with Crippen LogP contribution in [0, 0.1) is 0 Å². The van der Waals surface area contributed by atoms with Gasteiger partial charge in [0, 0.05) is 32.3 Å². The van der Waals surface area contributed by atoms with Crippen LogP contribution in [0.5, 0.6) is 0 Å². The molecule has 0 amide bonds. The lowest BCUT2D eigenvalue weighted by Gasteiger charge is -2.19. The Morgan fingerprint density at radius 1 is 1.75 bits per heavy atom. The van der Waals surface area contributed by atoms with E-state index in [1.165, 1.54) is 0 Å². The van der Waals surface area contributed by atoms with Gasteiger partial charge < -0.3 is 14.7 Å². The van der Waals surface area contributed by atoms with Crippen molar-refractivity contribution in [2.45, 2.75) is 18.9 Å². The van der Waals surface area contributed by atoms with E-state index in [0.717, 1.165) is 31.6 Å². The van der Waals surface area contributed by atoms with E-state index in [1.807, 2.05) is 0 Å². The fourth-order valence-corrected chi connectivity index (χ4v) is 1.41. The average molecular weight is 171 g/mol. The zero-order valence-corrected chi connectivity index (χ0v) is 7.62. The monoisotopic (exact) mass is 171 g/mol. The molecule has 1 aliphatic rings. The predicted molar refractivity (Wildman–Crippen MR) is 47.8 cm³/mol. The standard InChI is InChI=1S/C9H17NO2/c1-8(4-6-12-2)10-5-3-9(11)7-10/h9,11H,1,3-7H2,2H3. The van der Waals surface area contributed by atoms with E-state index in [0.29, 0.717) is 6.61 Å². The van der Waals surface area contributed by atoms with Crippen molar-refractivity contribution in [2.75, 3.05) is 26.8 Å². The maximum Gasteiger partial charge on any atom is 0.0731 e. The van der Waals surface area contributed by atoms with E-state index in [1.54, 1.807) is 7.11 Å². The van der Waals surface area contributed by atoms with Gasteiger partial charge in [0.1, 0.15) is 0 Å². The van der Waals surface area contributed by atoms with Crippen LogP contribution in [0.1, 0.15) is 12.8 Å². The van der Waals surface area contributed by atoms with Gasteiger partial charge in [-0.05, 0) is 6.42 Å². The molecule has 1 aliphatic heterocycles. The van der Waals surface area contributed by atoms with Gasteiger partial charge in [-0.2, -0.15) is 0 Å². The Labute approximate surface area is 73.6 Å². The first-order valence-electron chi connectivity index (χ1n) is 4.33. The van der Waals surface area contributed by atoms with Gasteiger partial charge in [-0.1, -0.05) is 6.58 Å². The van der Waals surface area contributed by atoms with Crippen LogP contribution in [0.25, 0.3) is 0 Å².